The molecule has 0 radical (unpaired) electrons. The number of sulfonamides is 1. The van der Waals surface area contributed by atoms with Gasteiger partial charge in [-0.1, -0.05) is 6.92 Å². The van der Waals surface area contributed by atoms with Crippen LogP contribution in [0.4, 0.5) is 10.5 Å². The number of rotatable bonds is 7. The quantitative estimate of drug-likeness (QED) is 0.624. The molecule has 1 fully saturated rings. The third kappa shape index (κ3) is 5.70. The first-order valence-corrected chi connectivity index (χ1v) is 10.1. The van der Waals surface area contributed by atoms with E-state index >= 15 is 0 Å². The molecular formula is C17H25N3O5S. The predicted molar refractivity (Wildman–Crippen MR) is 97.5 cm³/mol. The largest absolute Gasteiger partial charge is 0.481 e. The molecule has 0 aromatic heterocycles. The monoisotopic (exact) mass is 383 g/mol. The minimum absolute atomic E-state index is 0.0120. The molecule has 0 bridgehead atoms. The van der Waals surface area contributed by atoms with Gasteiger partial charge in [-0.15, -0.1) is 0 Å². The van der Waals surface area contributed by atoms with E-state index in [-0.39, 0.29) is 17.9 Å². The molecule has 9 heteroatoms. The van der Waals surface area contributed by atoms with Gasteiger partial charge in [-0.3, -0.25) is 4.79 Å². The summed E-state index contributed by atoms with van der Waals surface area (Å²) in [7, 11) is -3.52. The molecule has 1 atom stereocenters. The molecule has 1 aliphatic heterocycles. The lowest BCUT2D eigenvalue weighted by atomic mass is 10.0. The molecule has 2 rings (SSSR count). The first kappa shape index (κ1) is 20.2. The molecule has 1 aromatic rings. The molecule has 0 aliphatic carbocycles. The molecule has 144 valence electrons. The standard InChI is InChI=1S/C17H25N3O5S/c1-13-4-3-11-20(12-13)26(24,25)15-8-6-14(7-9-15)19-17(23)18-10-2-5-16(21)22/h6-9,13H,2-5,10-12H2,1H3,(H,21,22)(H2,18,19,23). The summed E-state index contributed by atoms with van der Waals surface area (Å²) in [5, 5.41) is 13.7. The summed E-state index contributed by atoms with van der Waals surface area (Å²) in [6, 6.07) is 5.58. The minimum Gasteiger partial charge on any atom is -0.481 e. The Labute approximate surface area is 153 Å². The van der Waals surface area contributed by atoms with E-state index in [9.17, 15) is 18.0 Å². The van der Waals surface area contributed by atoms with E-state index in [2.05, 4.69) is 10.6 Å². The van der Waals surface area contributed by atoms with Crippen LogP contribution in [0.1, 0.15) is 32.6 Å². The molecule has 0 saturated carbocycles. The van der Waals surface area contributed by atoms with E-state index in [0.29, 0.717) is 31.1 Å². The second kappa shape index (κ2) is 9.00. The van der Waals surface area contributed by atoms with Gasteiger partial charge in [-0.25, -0.2) is 13.2 Å². The summed E-state index contributed by atoms with van der Waals surface area (Å²) < 4.78 is 26.9. The second-order valence-electron chi connectivity index (χ2n) is 6.51. The zero-order valence-corrected chi connectivity index (χ0v) is 15.6. The topological polar surface area (TPSA) is 116 Å². The van der Waals surface area contributed by atoms with E-state index in [0.717, 1.165) is 12.8 Å². The lowest BCUT2D eigenvalue weighted by Crippen LogP contribution is -2.39. The SMILES string of the molecule is CC1CCCN(S(=O)(=O)c2ccc(NC(=O)NCCCC(=O)O)cc2)C1. The van der Waals surface area contributed by atoms with Gasteiger partial charge in [0.25, 0.3) is 0 Å². The van der Waals surface area contributed by atoms with Crippen molar-refractivity contribution in [3.63, 3.8) is 0 Å². The number of carboxylic acid groups (broad SMARTS) is 1. The number of carbonyl (C=O) groups excluding carboxylic acids is 1. The van der Waals surface area contributed by atoms with Crippen LogP contribution in [0.3, 0.4) is 0 Å². The van der Waals surface area contributed by atoms with Crippen LogP contribution in [-0.4, -0.2) is 49.5 Å². The number of anilines is 1. The number of hydrogen-bond acceptors (Lipinski definition) is 4. The normalized spacial score (nSPS) is 18.3. The van der Waals surface area contributed by atoms with Crippen LogP contribution in [0.2, 0.25) is 0 Å². The molecule has 0 spiro atoms. The Morgan fingerprint density at radius 2 is 1.96 bits per heavy atom. The number of hydrogen-bond donors (Lipinski definition) is 3. The van der Waals surface area contributed by atoms with E-state index in [1.54, 1.807) is 0 Å². The summed E-state index contributed by atoms with van der Waals surface area (Å²) in [4.78, 5) is 22.3. The maximum atomic E-state index is 12.7. The maximum absolute atomic E-state index is 12.7. The van der Waals surface area contributed by atoms with Crippen molar-refractivity contribution in [2.24, 2.45) is 5.92 Å². The lowest BCUT2D eigenvalue weighted by Gasteiger charge is -2.30. The van der Waals surface area contributed by atoms with Gasteiger partial charge in [0.1, 0.15) is 0 Å². The third-order valence-corrected chi connectivity index (χ3v) is 6.10. The first-order chi connectivity index (χ1) is 12.3. The third-order valence-electron chi connectivity index (χ3n) is 4.22. The molecule has 8 nitrogen and oxygen atoms in total. The van der Waals surface area contributed by atoms with Crippen LogP contribution >= 0.6 is 0 Å². The molecule has 1 aromatic carbocycles. The molecule has 1 aliphatic rings. The summed E-state index contributed by atoms with van der Waals surface area (Å²) >= 11 is 0. The van der Waals surface area contributed by atoms with Gasteiger partial charge < -0.3 is 15.7 Å². The van der Waals surface area contributed by atoms with Gasteiger partial charge in [0.15, 0.2) is 0 Å². The van der Waals surface area contributed by atoms with Crippen molar-refractivity contribution < 1.29 is 23.1 Å². The van der Waals surface area contributed by atoms with Crippen LogP contribution in [0.5, 0.6) is 0 Å². The Morgan fingerprint density at radius 3 is 2.58 bits per heavy atom. The maximum Gasteiger partial charge on any atom is 0.319 e. The number of benzene rings is 1. The lowest BCUT2D eigenvalue weighted by molar-refractivity contribution is -0.137. The van der Waals surface area contributed by atoms with Crippen molar-refractivity contribution in [3.8, 4) is 0 Å². The molecule has 3 N–H and O–H groups in total. The molecule has 1 heterocycles. The van der Waals surface area contributed by atoms with Crippen LogP contribution in [0.25, 0.3) is 0 Å². The van der Waals surface area contributed by atoms with Crippen LogP contribution in [0.15, 0.2) is 29.2 Å². The summed E-state index contributed by atoms with van der Waals surface area (Å²) in [6.45, 7) is 3.36. The zero-order valence-electron chi connectivity index (χ0n) is 14.8. The average molecular weight is 383 g/mol. The van der Waals surface area contributed by atoms with E-state index in [4.69, 9.17) is 5.11 Å². The van der Waals surface area contributed by atoms with Crippen LogP contribution < -0.4 is 10.6 Å². The van der Waals surface area contributed by atoms with E-state index in [1.165, 1.54) is 28.6 Å². The molecule has 1 saturated heterocycles. The number of carbonyl (C=O) groups is 2. The Morgan fingerprint density at radius 1 is 1.27 bits per heavy atom. The van der Waals surface area contributed by atoms with Gasteiger partial charge in [0.2, 0.25) is 10.0 Å². The fourth-order valence-corrected chi connectivity index (χ4v) is 4.44. The molecule has 2 amide bonds. The predicted octanol–water partition coefficient (Wildman–Crippen LogP) is 2.09. The highest BCUT2D eigenvalue weighted by Gasteiger charge is 2.28. The van der Waals surface area contributed by atoms with E-state index in [1.807, 2.05) is 6.92 Å². The van der Waals surface area contributed by atoms with Gasteiger partial charge in [-0.2, -0.15) is 4.31 Å². The fourth-order valence-electron chi connectivity index (χ4n) is 2.84. The van der Waals surface area contributed by atoms with Gasteiger partial charge in [0.05, 0.1) is 4.90 Å². The van der Waals surface area contributed by atoms with Crippen LogP contribution in [0, 0.1) is 5.92 Å². The average Bonchev–Trinajstić information content (AvgIpc) is 2.59. The molecule has 1 unspecified atom stereocenters. The fraction of sp³-hybridized carbons (Fsp3) is 0.529. The Hall–Kier alpha value is -2.13. The van der Waals surface area contributed by atoms with Gasteiger partial charge in [0, 0.05) is 31.7 Å². The number of urea groups is 1. The Bertz CT molecular complexity index is 733. The van der Waals surface area contributed by atoms with Gasteiger partial charge in [-0.05, 0) is 49.4 Å². The minimum atomic E-state index is -3.52. The zero-order chi connectivity index (χ0) is 19.2. The summed E-state index contributed by atoms with van der Waals surface area (Å²) in [6.07, 6.45) is 2.23. The number of nitrogens with one attached hydrogen (secondary N) is 2. The molecular weight excluding hydrogens is 358 g/mol. The number of nitrogens with zero attached hydrogens (tertiary/aromatic N) is 1. The van der Waals surface area contributed by atoms with Crippen molar-refractivity contribution >= 4 is 27.7 Å². The molecule has 26 heavy (non-hydrogen) atoms. The second-order valence-corrected chi connectivity index (χ2v) is 8.45. The highest BCUT2D eigenvalue weighted by Crippen LogP contribution is 2.24. The van der Waals surface area contributed by atoms with Crippen molar-refractivity contribution in [1.29, 1.82) is 0 Å². The van der Waals surface area contributed by atoms with E-state index < -0.39 is 22.0 Å². The highest BCUT2D eigenvalue weighted by molar-refractivity contribution is 7.89. The number of aliphatic carboxylic acids is 1. The number of amides is 2. The van der Waals surface area contributed by atoms with Crippen molar-refractivity contribution in [2.45, 2.75) is 37.5 Å². The van der Waals surface area contributed by atoms with Gasteiger partial charge >= 0.3 is 12.0 Å². The van der Waals surface area contributed by atoms with Crippen molar-refractivity contribution in [3.05, 3.63) is 24.3 Å². The number of piperidine rings is 1. The Kier molecular flexibility index (Phi) is 6.98. The Balaban J connectivity index is 1.91. The number of carboxylic acids is 1. The summed E-state index contributed by atoms with van der Waals surface area (Å²) in [5.41, 5.74) is 0.465. The first-order valence-electron chi connectivity index (χ1n) is 8.66. The smallest absolute Gasteiger partial charge is 0.319 e. The summed E-state index contributed by atoms with van der Waals surface area (Å²) in [5.74, 6) is -0.559. The van der Waals surface area contributed by atoms with Crippen molar-refractivity contribution in [2.75, 3.05) is 25.0 Å². The highest BCUT2D eigenvalue weighted by atomic mass is 32.2. The van der Waals surface area contributed by atoms with Crippen molar-refractivity contribution in [1.82, 2.24) is 9.62 Å². The van der Waals surface area contributed by atoms with Crippen LogP contribution in [-0.2, 0) is 14.8 Å².